The molecule has 1 saturated carbocycles. The second-order valence-corrected chi connectivity index (χ2v) is 5.84. The van der Waals surface area contributed by atoms with Gasteiger partial charge < -0.3 is 14.8 Å². The standard InChI is InChI=1S/C15H21NO3/c17-14(11-4-1-2-5-11)16-10-15(18)8-3-6-13-12(15)7-9-19-13/h7,9,11,18H,1-6,8,10H2,(H,16,17). The van der Waals surface area contributed by atoms with Gasteiger partial charge in [0.25, 0.3) is 0 Å². The first kappa shape index (κ1) is 12.7. The predicted molar refractivity (Wildman–Crippen MR) is 70.5 cm³/mol. The first-order chi connectivity index (χ1) is 9.19. The lowest BCUT2D eigenvalue weighted by Gasteiger charge is -2.32. The fourth-order valence-electron chi connectivity index (χ4n) is 3.37. The van der Waals surface area contributed by atoms with Crippen molar-refractivity contribution in [2.24, 2.45) is 5.92 Å². The molecule has 104 valence electrons. The Balaban J connectivity index is 1.65. The summed E-state index contributed by atoms with van der Waals surface area (Å²) in [5.41, 5.74) is -0.0973. The largest absolute Gasteiger partial charge is 0.469 e. The van der Waals surface area contributed by atoms with Gasteiger partial charge in [-0.2, -0.15) is 0 Å². The Morgan fingerprint density at radius 1 is 1.42 bits per heavy atom. The summed E-state index contributed by atoms with van der Waals surface area (Å²) in [6.45, 7) is 0.300. The van der Waals surface area contributed by atoms with Crippen LogP contribution in [0.1, 0.15) is 49.8 Å². The zero-order valence-electron chi connectivity index (χ0n) is 11.2. The summed E-state index contributed by atoms with van der Waals surface area (Å²) in [7, 11) is 0. The number of hydrogen-bond acceptors (Lipinski definition) is 3. The number of amides is 1. The molecule has 0 aliphatic heterocycles. The number of aryl methyl sites for hydroxylation is 1. The normalized spacial score (nSPS) is 27.2. The van der Waals surface area contributed by atoms with Gasteiger partial charge in [0.1, 0.15) is 11.4 Å². The van der Waals surface area contributed by atoms with Crippen molar-refractivity contribution < 1.29 is 14.3 Å². The van der Waals surface area contributed by atoms with Crippen molar-refractivity contribution in [2.75, 3.05) is 6.54 Å². The van der Waals surface area contributed by atoms with Crippen LogP contribution >= 0.6 is 0 Å². The number of fused-ring (bicyclic) bond motifs is 1. The summed E-state index contributed by atoms with van der Waals surface area (Å²) in [6, 6.07) is 1.83. The van der Waals surface area contributed by atoms with Crippen LogP contribution in [0.3, 0.4) is 0 Å². The molecule has 2 N–H and O–H groups in total. The molecule has 0 aromatic carbocycles. The Morgan fingerprint density at radius 2 is 2.21 bits per heavy atom. The van der Waals surface area contributed by atoms with Gasteiger partial charge in [0, 0.05) is 17.9 Å². The van der Waals surface area contributed by atoms with Crippen LogP contribution in [0.5, 0.6) is 0 Å². The molecule has 1 unspecified atom stereocenters. The van der Waals surface area contributed by atoms with Crippen molar-refractivity contribution in [2.45, 2.75) is 50.5 Å². The van der Waals surface area contributed by atoms with Crippen molar-refractivity contribution >= 4 is 5.91 Å². The Bertz CT molecular complexity index is 462. The summed E-state index contributed by atoms with van der Waals surface area (Å²) in [5.74, 6) is 1.11. The molecule has 1 aromatic heterocycles. The van der Waals surface area contributed by atoms with Crippen LogP contribution in [0, 0.1) is 5.92 Å². The molecule has 0 saturated heterocycles. The summed E-state index contributed by atoms with van der Waals surface area (Å²) in [6.07, 6.45) is 8.35. The maximum Gasteiger partial charge on any atom is 0.223 e. The van der Waals surface area contributed by atoms with Gasteiger partial charge in [-0.1, -0.05) is 12.8 Å². The first-order valence-corrected chi connectivity index (χ1v) is 7.26. The number of furan rings is 1. The second kappa shape index (κ2) is 5.00. The Labute approximate surface area is 113 Å². The van der Waals surface area contributed by atoms with Gasteiger partial charge in [0.15, 0.2) is 0 Å². The Kier molecular flexibility index (Phi) is 3.35. The van der Waals surface area contributed by atoms with E-state index >= 15 is 0 Å². The third-order valence-electron chi connectivity index (χ3n) is 4.52. The highest BCUT2D eigenvalue weighted by molar-refractivity contribution is 5.78. The SMILES string of the molecule is O=C(NCC1(O)CCCc2occc21)C1CCCC1. The van der Waals surface area contributed by atoms with Gasteiger partial charge in [-0.25, -0.2) is 0 Å². The van der Waals surface area contributed by atoms with Crippen LogP contribution in [0.15, 0.2) is 16.7 Å². The van der Waals surface area contributed by atoms with Crippen molar-refractivity contribution in [3.63, 3.8) is 0 Å². The fourth-order valence-corrected chi connectivity index (χ4v) is 3.37. The predicted octanol–water partition coefficient (Wildman–Crippen LogP) is 2.11. The van der Waals surface area contributed by atoms with Gasteiger partial charge in [0.2, 0.25) is 5.91 Å². The molecule has 19 heavy (non-hydrogen) atoms. The average Bonchev–Trinajstić information content (AvgIpc) is 3.07. The molecular formula is C15H21NO3. The van der Waals surface area contributed by atoms with Crippen molar-refractivity contribution in [1.82, 2.24) is 5.32 Å². The molecule has 1 amide bonds. The Morgan fingerprint density at radius 3 is 3.00 bits per heavy atom. The monoisotopic (exact) mass is 263 g/mol. The molecule has 1 heterocycles. The van der Waals surface area contributed by atoms with Crippen molar-refractivity contribution in [1.29, 1.82) is 0 Å². The molecule has 0 spiro atoms. The van der Waals surface area contributed by atoms with E-state index in [1.165, 1.54) is 0 Å². The number of aliphatic hydroxyl groups is 1. The third kappa shape index (κ3) is 2.41. The molecular weight excluding hydrogens is 242 g/mol. The average molecular weight is 263 g/mol. The molecule has 1 aromatic rings. The fraction of sp³-hybridized carbons (Fsp3) is 0.667. The topological polar surface area (TPSA) is 62.5 Å². The summed E-state index contributed by atoms with van der Waals surface area (Å²) in [5, 5.41) is 13.7. The molecule has 1 fully saturated rings. The van der Waals surface area contributed by atoms with Crippen molar-refractivity contribution in [3.8, 4) is 0 Å². The van der Waals surface area contributed by atoms with E-state index in [4.69, 9.17) is 4.42 Å². The van der Waals surface area contributed by atoms with Gasteiger partial charge in [0.05, 0.1) is 12.8 Å². The lowest BCUT2D eigenvalue weighted by atomic mass is 9.83. The summed E-state index contributed by atoms with van der Waals surface area (Å²) in [4.78, 5) is 12.0. The first-order valence-electron chi connectivity index (χ1n) is 7.26. The number of carbonyl (C=O) groups excluding carboxylic acids is 1. The van der Waals surface area contributed by atoms with Crippen LogP contribution in [0.2, 0.25) is 0 Å². The zero-order valence-corrected chi connectivity index (χ0v) is 11.2. The van der Waals surface area contributed by atoms with E-state index < -0.39 is 5.60 Å². The van der Waals surface area contributed by atoms with Gasteiger partial charge in [-0.3, -0.25) is 4.79 Å². The minimum atomic E-state index is -0.950. The van der Waals surface area contributed by atoms with E-state index in [1.54, 1.807) is 6.26 Å². The number of hydrogen-bond donors (Lipinski definition) is 2. The molecule has 2 aliphatic carbocycles. The van der Waals surface area contributed by atoms with E-state index in [0.29, 0.717) is 13.0 Å². The second-order valence-electron chi connectivity index (χ2n) is 5.84. The number of nitrogens with one attached hydrogen (secondary N) is 1. The Hall–Kier alpha value is -1.29. The lowest BCUT2D eigenvalue weighted by molar-refractivity contribution is -0.126. The van der Waals surface area contributed by atoms with Crippen molar-refractivity contribution in [3.05, 3.63) is 23.7 Å². The quantitative estimate of drug-likeness (QED) is 0.878. The number of rotatable bonds is 3. The van der Waals surface area contributed by atoms with E-state index in [9.17, 15) is 9.90 Å². The molecule has 0 bridgehead atoms. The van der Waals surface area contributed by atoms with Gasteiger partial charge in [-0.15, -0.1) is 0 Å². The van der Waals surface area contributed by atoms with Crippen LogP contribution < -0.4 is 5.32 Å². The van der Waals surface area contributed by atoms with Gasteiger partial charge >= 0.3 is 0 Å². The van der Waals surface area contributed by atoms with Gasteiger partial charge in [-0.05, 0) is 31.7 Å². The van der Waals surface area contributed by atoms with E-state index in [1.807, 2.05) is 6.07 Å². The lowest BCUT2D eigenvalue weighted by Crippen LogP contribution is -2.44. The maximum atomic E-state index is 12.0. The maximum absolute atomic E-state index is 12.0. The van der Waals surface area contributed by atoms with Crippen LogP contribution in [0.25, 0.3) is 0 Å². The molecule has 2 aliphatic rings. The van der Waals surface area contributed by atoms with Crippen LogP contribution in [-0.2, 0) is 16.8 Å². The van der Waals surface area contributed by atoms with E-state index in [-0.39, 0.29) is 11.8 Å². The molecule has 4 nitrogen and oxygen atoms in total. The minimum Gasteiger partial charge on any atom is -0.469 e. The highest BCUT2D eigenvalue weighted by atomic mass is 16.3. The van der Waals surface area contributed by atoms with E-state index in [2.05, 4.69) is 5.32 Å². The summed E-state index contributed by atoms with van der Waals surface area (Å²) < 4.78 is 5.39. The molecule has 3 rings (SSSR count). The molecule has 0 radical (unpaired) electrons. The smallest absolute Gasteiger partial charge is 0.223 e. The summed E-state index contributed by atoms with van der Waals surface area (Å²) >= 11 is 0. The zero-order chi connectivity index (χ0) is 13.3. The highest BCUT2D eigenvalue weighted by Gasteiger charge is 2.37. The molecule has 1 atom stereocenters. The van der Waals surface area contributed by atoms with E-state index in [0.717, 1.165) is 49.8 Å². The van der Waals surface area contributed by atoms with Crippen LogP contribution in [-0.4, -0.2) is 17.6 Å². The third-order valence-corrected chi connectivity index (χ3v) is 4.52. The highest BCUT2D eigenvalue weighted by Crippen LogP contribution is 2.35. The minimum absolute atomic E-state index is 0.0987. The molecule has 4 heteroatoms. The number of carbonyl (C=O) groups is 1. The van der Waals surface area contributed by atoms with Crippen LogP contribution in [0.4, 0.5) is 0 Å².